The van der Waals surface area contributed by atoms with Crippen molar-refractivity contribution in [3.8, 4) is 11.5 Å². The summed E-state index contributed by atoms with van der Waals surface area (Å²) in [5.41, 5.74) is 1.94. The largest absolute Gasteiger partial charge is 0.441 e. The number of hydrogen-bond acceptors (Lipinski definition) is 4. The SMILES string of the molecule is Cc1oc(-c2cccc(Cl)c2)nc1CN(C)CC1(CO)CC1. The molecular formula is C17H21ClN2O2. The molecule has 1 aromatic carbocycles. The summed E-state index contributed by atoms with van der Waals surface area (Å²) in [4.78, 5) is 6.81. The van der Waals surface area contributed by atoms with E-state index in [-0.39, 0.29) is 12.0 Å². The predicted molar refractivity (Wildman–Crippen MR) is 86.8 cm³/mol. The Bertz CT molecular complexity index is 664. The van der Waals surface area contributed by atoms with Crippen molar-refractivity contribution in [2.24, 2.45) is 5.41 Å². The van der Waals surface area contributed by atoms with Gasteiger partial charge in [-0.3, -0.25) is 4.90 Å². The van der Waals surface area contributed by atoms with Crippen LogP contribution in [-0.4, -0.2) is 35.2 Å². The lowest BCUT2D eigenvalue weighted by Crippen LogP contribution is -2.28. The van der Waals surface area contributed by atoms with E-state index < -0.39 is 0 Å². The van der Waals surface area contributed by atoms with Crippen LogP contribution < -0.4 is 0 Å². The molecule has 0 spiro atoms. The lowest BCUT2D eigenvalue weighted by atomic mass is 10.1. The number of aliphatic hydroxyl groups is 1. The van der Waals surface area contributed by atoms with E-state index in [9.17, 15) is 5.11 Å². The van der Waals surface area contributed by atoms with Crippen LogP contribution in [0, 0.1) is 12.3 Å². The maximum Gasteiger partial charge on any atom is 0.226 e. The molecule has 0 aliphatic heterocycles. The first-order valence-electron chi connectivity index (χ1n) is 7.53. The van der Waals surface area contributed by atoms with E-state index in [0.717, 1.165) is 42.9 Å². The van der Waals surface area contributed by atoms with E-state index in [1.54, 1.807) is 0 Å². The second kappa shape index (κ2) is 6.03. The zero-order valence-electron chi connectivity index (χ0n) is 13.0. The van der Waals surface area contributed by atoms with Gasteiger partial charge in [0.1, 0.15) is 5.76 Å². The van der Waals surface area contributed by atoms with Crippen molar-refractivity contribution >= 4 is 11.6 Å². The summed E-state index contributed by atoms with van der Waals surface area (Å²) in [6.07, 6.45) is 2.22. The van der Waals surface area contributed by atoms with Crippen molar-refractivity contribution < 1.29 is 9.52 Å². The molecule has 0 atom stereocenters. The Balaban J connectivity index is 1.72. The van der Waals surface area contributed by atoms with Gasteiger partial charge in [0.2, 0.25) is 5.89 Å². The van der Waals surface area contributed by atoms with Crippen LogP contribution in [0.5, 0.6) is 0 Å². The third-order valence-corrected chi connectivity index (χ3v) is 4.52. The highest BCUT2D eigenvalue weighted by atomic mass is 35.5. The molecule has 4 nitrogen and oxygen atoms in total. The quantitative estimate of drug-likeness (QED) is 0.885. The molecule has 1 saturated carbocycles. The highest BCUT2D eigenvalue weighted by Crippen LogP contribution is 2.45. The number of oxazole rings is 1. The second-order valence-corrected chi connectivity index (χ2v) is 6.80. The molecule has 0 bridgehead atoms. The third kappa shape index (κ3) is 3.35. The molecule has 1 fully saturated rings. The maximum absolute atomic E-state index is 9.43. The van der Waals surface area contributed by atoms with Crippen molar-refractivity contribution in [2.45, 2.75) is 26.3 Å². The fourth-order valence-electron chi connectivity index (χ4n) is 2.75. The molecule has 0 amide bonds. The van der Waals surface area contributed by atoms with E-state index in [2.05, 4.69) is 16.9 Å². The molecule has 2 aromatic rings. The van der Waals surface area contributed by atoms with Gasteiger partial charge in [-0.1, -0.05) is 17.7 Å². The lowest BCUT2D eigenvalue weighted by molar-refractivity contribution is 0.160. The van der Waals surface area contributed by atoms with Crippen molar-refractivity contribution in [2.75, 3.05) is 20.2 Å². The number of rotatable bonds is 6. The first-order chi connectivity index (χ1) is 10.5. The molecule has 3 rings (SSSR count). The highest BCUT2D eigenvalue weighted by Gasteiger charge is 2.42. The van der Waals surface area contributed by atoms with Gasteiger partial charge in [0.05, 0.1) is 5.69 Å². The van der Waals surface area contributed by atoms with Gasteiger partial charge in [0.25, 0.3) is 0 Å². The van der Waals surface area contributed by atoms with Crippen LogP contribution >= 0.6 is 11.6 Å². The second-order valence-electron chi connectivity index (χ2n) is 6.36. The Labute approximate surface area is 135 Å². The van der Waals surface area contributed by atoms with Crippen LogP contribution in [0.3, 0.4) is 0 Å². The van der Waals surface area contributed by atoms with Crippen molar-refractivity contribution in [3.63, 3.8) is 0 Å². The average Bonchev–Trinajstić information content (AvgIpc) is 3.16. The summed E-state index contributed by atoms with van der Waals surface area (Å²) in [6.45, 7) is 3.81. The number of benzene rings is 1. The molecule has 1 aliphatic carbocycles. The van der Waals surface area contributed by atoms with Gasteiger partial charge in [-0.05, 0) is 45.0 Å². The van der Waals surface area contributed by atoms with Crippen LogP contribution in [0.4, 0.5) is 0 Å². The first-order valence-corrected chi connectivity index (χ1v) is 7.91. The van der Waals surface area contributed by atoms with Gasteiger partial charge in [0.15, 0.2) is 0 Å². The van der Waals surface area contributed by atoms with Crippen molar-refractivity contribution in [1.29, 1.82) is 0 Å². The molecule has 0 radical (unpaired) electrons. The van der Waals surface area contributed by atoms with E-state index in [0.29, 0.717) is 10.9 Å². The monoisotopic (exact) mass is 320 g/mol. The third-order valence-electron chi connectivity index (χ3n) is 4.28. The highest BCUT2D eigenvalue weighted by molar-refractivity contribution is 6.30. The fourth-order valence-corrected chi connectivity index (χ4v) is 2.94. The zero-order valence-corrected chi connectivity index (χ0v) is 13.7. The van der Waals surface area contributed by atoms with Crippen LogP contribution in [-0.2, 0) is 6.54 Å². The summed E-state index contributed by atoms with van der Waals surface area (Å²) in [7, 11) is 2.06. The Morgan fingerprint density at radius 2 is 2.18 bits per heavy atom. The van der Waals surface area contributed by atoms with Gasteiger partial charge < -0.3 is 9.52 Å². The Morgan fingerprint density at radius 3 is 2.82 bits per heavy atom. The van der Waals surface area contributed by atoms with Crippen LogP contribution in [0.2, 0.25) is 5.02 Å². The number of halogens is 1. The summed E-state index contributed by atoms with van der Waals surface area (Å²) < 4.78 is 5.78. The smallest absolute Gasteiger partial charge is 0.226 e. The molecule has 1 N–H and O–H groups in total. The van der Waals surface area contributed by atoms with Crippen molar-refractivity contribution in [1.82, 2.24) is 9.88 Å². The first kappa shape index (κ1) is 15.5. The number of aryl methyl sites for hydroxylation is 1. The normalized spacial score (nSPS) is 16.2. The Morgan fingerprint density at radius 1 is 1.41 bits per heavy atom. The van der Waals surface area contributed by atoms with Gasteiger partial charge in [0, 0.05) is 35.7 Å². The molecule has 1 heterocycles. The summed E-state index contributed by atoms with van der Waals surface area (Å²) >= 11 is 6.02. The number of aromatic nitrogens is 1. The minimum absolute atomic E-state index is 0.113. The van der Waals surface area contributed by atoms with Crippen molar-refractivity contribution in [3.05, 3.63) is 40.7 Å². The molecule has 0 unspecified atom stereocenters. The molecule has 118 valence electrons. The van der Waals surface area contributed by atoms with E-state index >= 15 is 0 Å². The molecule has 1 aromatic heterocycles. The summed E-state index contributed by atoms with van der Waals surface area (Å²) in [6, 6.07) is 7.52. The lowest BCUT2D eigenvalue weighted by Gasteiger charge is -2.21. The van der Waals surface area contributed by atoms with Crippen LogP contribution in [0.15, 0.2) is 28.7 Å². The van der Waals surface area contributed by atoms with Gasteiger partial charge in [-0.25, -0.2) is 4.98 Å². The fraction of sp³-hybridized carbons (Fsp3) is 0.471. The Hall–Kier alpha value is -1.36. The van der Waals surface area contributed by atoms with Crippen LogP contribution in [0.25, 0.3) is 11.5 Å². The molecule has 5 heteroatoms. The molecule has 1 aliphatic rings. The topological polar surface area (TPSA) is 49.5 Å². The van der Waals surface area contributed by atoms with Gasteiger partial charge in [-0.2, -0.15) is 0 Å². The van der Waals surface area contributed by atoms with E-state index in [1.165, 1.54) is 0 Å². The summed E-state index contributed by atoms with van der Waals surface area (Å²) in [5.74, 6) is 1.43. The minimum atomic E-state index is 0.113. The number of hydrogen-bond donors (Lipinski definition) is 1. The standard InChI is InChI=1S/C17H21ClN2O2/c1-12-15(9-20(2)10-17(11-21)6-7-17)19-16(22-12)13-4-3-5-14(18)8-13/h3-5,8,21H,6-7,9-11H2,1-2H3. The predicted octanol–water partition coefficient (Wildman–Crippen LogP) is 3.51. The molecule has 22 heavy (non-hydrogen) atoms. The van der Waals surface area contributed by atoms with E-state index in [1.807, 2.05) is 31.2 Å². The van der Waals surface area contributed by atoms with E-state index in [4.69, 9.17) is 16.0 Å². The zero-order chi connectivity index (χ0) is 15.7. The number of aliphatic hydroxyl groups excluding tert-OH is 1. The van der Waals surface area contributed by atoms with Gasteiger partial charge >= 0.3 is 0 Å². The minimum Gasteiger partial charge on any atom is -0.441 e. The Kier molecular flexibility index (Phi) is 4.26. The molecule has 0 saturated heterocycles. The van der Waals surface area contributed by atoms with Crippen LogP contribution in [0.1, 0.15) is 24.3 Å². The number of nitrogens with zero attached hydrogens (tertiary/aromatic N) is 2. The van der Waals surface area contributed by atoms with Gasteiger partial charge in [-0.15, -0.1) is 0 Å². The maximum atomic E-state index is 9.43. The average molecular weight is 321 g/mol. The summed E-state index contributed by atoms with van der Waals surface area (Å²) in [5, 5.41) is 10.1. The molecular weight excluding hydrogens is 300 g/mol.